The molecule has 1 atom stereocenters. The Morgan fingerprint density at radius 2 is 2.25 bits per heavy atom. The van der Waals surface area contributed by atoms with E-state index in [2.05, 4.69) is 5.32 Å². The highest BCUT2D eigenvalue weighted by atomic mass is 35.5. The SMILES string of the molecule is CC(CN)(NC(=O)CCCc1cc(Cl)sc1Cl)C1CC1. The minimum atomic E-state index is -0.236. The molecule has 1 aliphatic carbocycles. The quantitative estimate of drug-likeness (QED) is 0.800. The van der Waals surface area contributed by atoms with Gasteiger partial charge >= 0.3 is 0 Å². The Bertz CT molecular complexity index is 488. The van der Waals surface area contributed by atoms with Gasteiger partial charge in [0.05, 0.1) is 14.2 Å². The summed E-state index contributed by atoms with van der Waals surface area (Å²) in [5.41, 5.74) is 6.58. The average Bonchev–Trinajstić information content (AvgIpc) is 3.17. The van der Waals surface area contributed by atoms with Crippen LogP contribution >= 0.6 is 34.5 Å². The molecule has 0 bridgehead atoms. The van der Waals surface area contributed by atoms with Crippen LogP contribution < -0.4 is 11.1 Å². The van der Waals surface area contributed by atoms with Crippen LogP contribution in [0.25, 0.3) is 0 Å². The number of amides is 1. The molecule has 0 spiro atoms. The zero-order valence-electron chi connectivity index (χ0n) is 11.5. The predicted octanol–water partition coefficient (Wildman–Crippen LogP) is 3.62. The van der Waals surface area contributed by atoms with Crippen LogP contribution in [0.3, 0.4) is 0 Å². The summed E-state index contributed by atoms with van der Waals surface area (Å²) in [5.74, 6) is 0.615. The predicted molar refractivity (Wildman–Crippen MR) is 85.6 cm³/mol. The molecule has 0 saturated heterocycles. The molecule has 20 heavy (non-hydrogen) atoms. The highest BCUT2D eigenvalue weighted by molar-refractivity contribution is 7.20. The molecule has 0 aliphatic heterocycles. The van der Waals surface area contributed by atoms with E-state index in [1.54, 1.807) is 0 Å². The van der Waals surface area contributed by atoms with Crippen LogP contribution in [0.2, 0.25) is 8.67 Å². The maximum Gasteiger partial charge on any atom is 0.220 e. The smallest absolute Gasteiger partial charge is 0.220 e. The number of nitrogens with one attached hydrogen (secondary N) is 1. The van der Waals surface area contributed by atoms with Crippen LogP contribution in [0, 0.1) is 5.92 Å². The monoisotopic (exact) mass is 334 g/mol. The first-order valence-corrected chi connectivity index (χ1v) is 8.46. The average molecular weight is 335 g/mol. The van der Waals surface area contributed by atoms with Gasteiger partial charge in [-0.3, -0.25) is 4.79 Å². The fraction of sp³-hybridized carbons (Fsp3) is 0.643. The van der Waals surface area contributed by atoms with Gasteiger partial charge in [0.15, 0.2) is 0 Å². The Kier molecular flexibility index (Phi) is 5.35. The molecule has 1 aromatic heterocycles. The van der Waals surface area contributed by atoms with Gasteiger partial charge in [0.1, 0.15) is 0 Å². The Hall–Kier alpha value is -0.290. The van der Waals surface area contributed by atoms with E-state index in [-0.39, 0.29) is 11.4 Å². The van der Waals surface area contributed by atoms with Crippen LogP contribution in [0.15, 0.2) is 6.07 Å². The van der Waals surface area contributed by atoms with Crippen molar-refractivity contribution in [3.05, 3.63) is 20.3 Å². The standard InChI is InChI=1S/C14H20Cl2N2OS/c1-14(8-17,10-5-6-10)18-12(19)4-2-3-9-7-11(15)20-13(9)16/h7,10H,2-6,8,17H2,1H3,(H,18,19). The van der Waals surface area contributed by atoms with E-state index in [9.17, 15) is 4.79 Å². The zero-order valence-corrected chi connectivity index (χ0v) is 13.9. The summed E-state index contributed by atoms with van der Waals surface area (Å²) in [7, 11) is 0. The molecule has 3 nitrogen and oxygen atoms in total. The van der Waals surface area contributed by atoms with E-state index in [1.165, 1.54) is 11.3 Å². The van der Waals surface area contributed by atoms with Gasteiger partial charge in [0.2, 0.25) is 5.91 Å². The number of thiophene rings is 1. The number of carbonyl (C=O) groups is 1. The third kappa shape index (κ3) is 4.10. The number of aryl methyl sites for hydroxylation is 1. The second-order valence-corrected chi connectivity index (χ2v) is 7.93. The summed E-state index contributed by atoms with van der Waals surface area (Å²) in [6, 6.07) is 1.88. The first-order chi connectivity index (χ1) is 9.44. The largest absolute Gasteiger partial charge is 0.349 e. The van der Waals surface area contributed by atoms with Gasteiger partial charge < -0.3 is 11.1 Å². The molecule has 2 rings (SSSR count). The van der Waals surface area contributed by atoms with Crippen molar-refractivity contribution < 1.29 is 4.79 Å². The summed E-state index contributed by atoms with van der Waals surface area (Å²) in [4.78, 5) is 12.0. The third-order valence-corrected chi connectivity index (χ3v) is 5.47. The van der Waals surface area contributed by atoms with Gasteiger partial charge in [0, 0.05) is 13.0 Å². The van der Waals surface area contributed by atoms with Gasteiger partial charge in [-0.05, 0) is 50.2 Å². The van der Waals surface area contributed by atoms with Gasteiger partial charge in [-0.15, -0.1) is 11.3 Å². The molecule has 0 aromatic carbocycles. The Morgan fingerprint density at radius 3 is 2.75 bits per heavy atom. The lowest BCUT2D eigenvalue weighted by Gasteiger charge is -2.29. The number of hydrogen-bond acceptors (Lipinski definition) is 3. The van der Waals surface area contributed by atoms with E-state index in [1.807, 2.05) is 13.0 Å². The second kappa shape index (κ2) is 6.65. The number of carbonyl (C=O) groups excluding carboxylic acids is 1. The molecule has 1 unspecified atom stereocenters. The maximum absolute atomic E-state index is 12.0. The minimum Gasteiger partial charge on any atom is -0.349 e. The highest BCUT2D eigenvalue weighted by Crippen LogP contribution is 2.39. The molecule has 6 heteroatoms. The lowest BCUT2D eigenvalue weighted by atomic mass is 9.95. The molecule has 112 valence electrons. The van der Waals surface area contributed by atoms with Crippen LogP contribution in [0.4, 0.5) is 0 Å². The molecule has 1 heterocycles. The molecular weight excluding hydrogens is 315 g/mol. The fourth-order valence-electron chi connectivity index (χ4n) is 2.41. The molecule has 0 radical (unpaired) electrons. The molecule has 1 aromatic rings. The van der Waals surface area contributed by atoms with Crippen LogP contribution in [-0.2, 0) is 11.2 Å². The maximum atomic E-state index is 12.0. The molecule has 1 saturated carbocycles. The normalized spacial score (nSPS) is 17.8. The zero-order chi connectivity index (χ0) is 14.8. The first-order valence-electron chi connectivity index (χ1n) is 6.89. The van der Waals surface area contributed by atoms with E-state index >= 15 is 0 Å². The van der Waals surface area contributed by atoms with Crippen molar-refractivity contribution in [2.24, 2.45) is 11.7 Å². The topological polar surface area (TPSA) is 55.1 Å². The summed E-state index contributed by atoms with van der Waals surface area (Å²) in [6.45, 7) is 2.54. The van der Waals surface area contributed by atoms with Crippen LogP contribution in [-0.4, -0.2) is 18.0 Å². The van der Waals surface area contributed by atoms with E-state index in [4.69, 9.17) is 28.9 Å². The van der Waals surface area contributed by atoms with Crippen molar-refractivity contribution in [1.82, 2.24) is 5.32 Å². The van der Waals surface area contributed by atoms with Gasteiger partial charge in [-0.2, -0.15) is 0 Å². The molecule has 1 amide bonds. The van der Waals surface area contributed by atoms with Crippen molar-refractivity contribution in [2.75, 3.05) is 6.54 Å². The summed E-state index contributed by atoms with van der Waals surface area (Å²) in [6.07, 6.45) is 4.36. The number of nitrogens with two attached hydrogens (primary N) is 1. The summed E-state index contributed by atoms with van der Waals surface area (Å²) in [5, 5.41) is 3.09. The fourth-order valence-corrected chi connectivity index (χ4v) is 3.95. The van der Waals surface area contributed by atoms with Crippen molar-refractivity contribution in [2.45, 2.75) is 44.6 Å². The minimum absolute atomic E-state index is 0.0716. The summed E-state index contributed by atoms with van der Waals surface area (Å²) < 4.78 is 1.42. The first kappa shape index (κ1) is 16.1. The highest BCUT2D eigenvalue weighted by Gasteiger charge is 2.41. The molecule has 3 N–H and O–H groups in total. The third-order valence-electron chi connectivity index (χ3n) is 3.90. The number of rotatable bonds is 7. The van der Waals surface area contributed by atoms with Crippen molar-refractivity contribution in [1.29, 1.82) is 0 Å². The Labute approximate surface area is 133 Å². The van der Waals surface area contributed by atoms with E-state index < -0.39 is 0 Å². The van der Waals surface area contributed by atoms with Crippen LogP contribution in [0.5, 0.6) is 0 Å². The summed E-state index contributed by atoms with van der Waals surface area (Å²) >= 11 is 13.3. The van der Waals surface area contributed by atoms with Crippen molar-refractivity contribution in [3.63, 3.8) is 0 Å². The van der Waals surface area contributed by atoms with E-state index in [0.29, 0.717) is 23.2 Å². The number of halogens is 2. The van der Waals surface area contributed by atoms with Crippen molar-refractivity contribution >= 4 is 40.4 Å². The lowest BCUT2D eigenvalue weighted by molar-refractivity contribution is -0.123. The lowest BCUT2D eigenvalue weighted by Crippen LogP contribution is -2.53. The second-order valence-electron chi connectivity index (χ2n) is 5.65. The Balaban J connectivity index is 1.76. The van der Waals surface area contributed by atoms with Gasteiger partial charge in [-0.25, -0.2) is 0 Å². The van der Waals surface area contributed by atoms with Gasteiger partial charge in [0.25, 0.3) is 0 Å². The van der Waals surface area contributed by atoms with Gasteiger partial charge in [-0.1, -0.05) is 23.2 Å². The molecular formula is C14H20Cl2N2OS. The molecule has 1 aliphatic rings. The van der Waals surface area contributed by atoms with E-state index in [0.717, 1.165) is 35.6 Å². The molecule has 1 fully saturated rings. The Morgan fingerprint density at radius 1 is 1.55 bits per heavy atom. The number of hydrogen-bond donors (Lipinski definition) is 2. The van der Waals surface area contributed by atoms with Crippen molar-refractivity contribution in [3.8, 4) is 0 Å². The van der Waals surface area contributed by atoms with Crippen LogP contribution in [0.1, 0.15) is 38.2 Å².